The summed E-state index contributed by atoms with van der Waals surface area (Å²) in [5, 5.41) is 2.75. The Morgan fingerprint density at radius 2 is 1.42 bits per heavy atom. The normalized spacial score (nSPS) is 18.7. The second-order valence-electron chi connectivity index (χ2n) is 7.76. The van der Waals surface area contributed by atoms with Gasteiger partial charge in [-0.15, -0.1) is 0 Å². The fraction of sp³-hybridized carbons (Fsp3) is 0.381. The minimum Gasteiger partial charge on any atom is -0.354 e. The van der Waals surface area contributed by atoms with E-state index in [4.69, 9.17) is 0 Å². The number of rotatable bonds is 7. The van der Waals surface area contributed by atoms with Gasteiger partial charge in [0.1, 0.15) is 6.04 Å². The molecule has 1 fully saturated rings. The molecule has 8 nitrogen and oxygen atoms in total. The van der Waals surface area contributed by atoms with Crippen LogP contribution in [0.1, 0.15) is 13.8 Å². The lowest BCUT2D eigenvalue weighted by Crippen LogP contribution is -2.61. The molecule has 1 N–H and O–H groups in total. The first-order valence-corrected chi connectivity index (χ1v) is 12.9. The average molecular weight is 466 g/mol. The Labute approximate surface area is 184 Å². The van der Waals surface area contributed by atoms with Crippen LogP contribution in [0.25, 0.3) is 0 Å². The molecule has 0 saturated carbocycles. The number of carbonyl (C=O) groups excluding carboxylic acids is 1. The van der Waals surface area contributed by atoms with Gasteiger partial charge in [-0.05, 0) is 30.2 Å². The van der Waals surface area contributed by atoms with Crippen molar-refractivity contribution in [3.63, 3.8) is 0 Å². The summed E-state index contributed by atoms with van der Waals surface area (Å²) in [5.74, 6) is -0.350. The molecule has 1 amide bonds. The van der Waals surface area contributed by atoms with Crippen molar-refractivity contribution in [2.24, 2.45) is 5.92 Å². The molecule has 1 saturated heterocycles. The minimum atomic E-state index is -3.98. The van der Waals surface area contributed by atoms with E-state index in [0.29, 0.717) is 6.54 Å². The highest BCUT2D eigenvalue weighted by atomic mass is 32.2. The molecule has 0 aromatic heterocycles. The second-order valence-corrected chi connectivity index (χ2v) is 11.6. The summed E-state index contributed by atoms with van der Waals surface area (Å²) in [4.78, 5) is 13.1. The van der Waals surface area contributed by atoms with Gasteiger partial charge in [0, 0.05) is 26.2 Å². The largest absolute Gasteiger partial charge is 0.354 e. The lowest BCUT2D eigenvalue weighted by atomic mass is 10.2. The first-order valence-electron chi connectivity index (χ1n) is 10.0. The van der Waals surface area contributed by atoms with Gasteiger partial charge in [-0.2, -0.15) is 8.61 Å². The molecule has 31 heavy (non-hydrogen) atoms. The Bertz CT molecular complexity index is 1100. The number of hydrogen-bond donors (Lipinski definition) is 1. The molecular weight excluding hydrogens is 438 g/mol. The number of piperazine rings is 1. The van der Waals surface area contributed by atoms with Crippen molar-refractivity contribution >= 4 is 26.0 Å². The van der Waals surface area contributed by atoms with Gasteiger partial charge in [0.05, 0.1) is 9.79 Å². The average Bonchev–Trinajstić information content (AvgIpc) is 2.78. The first kappa shape index (κ1) is 23.4. The zero-order valence-electron chi connectivity index (χ0n) is 17.5. The number of benzene rings is 2. The molecule has 168 valence electrons. The van der Waals surface area contributed by atoms with Crippen LogP contribution in [0.3, 0.4) is 0 Å². The van der Waals surface area contributed by atoms with Gasteiger partial charge in [0.25, 0.3) is 0 Å². The molecule has 10 heteroatoms. The summed E-state index contributed by atoms with van der Waals surface area (Å²) in [6, 6.07) is 14.6. The molecule has 1 aliphatic rings. The highest BCUT2D eigenvalue weighted by Gasteiger charge is 2.43. The van der Waals surface area contributed by atoms with Crippen molar-refractivity contribution in [2.75, 3.05) is 26.2 Å². The Balaban J connectivity index is 1.94. The van der Waals surface area contributed by atoms with E-state index in [9.17, 15) is 21.6 Å². The monoisotopic (exact) mass is 465 g/mol. The molecule has 0 spiro atoms. The van der Waals surface area contributed by atoms with Gasteiger partial charge in [-0.25, -0.2) is 16.8 Å². The molecular formula is C21H27N3O5S2. The van der Waals surface area contributed by atoms with E-state index in [0.717, 1.165) is 4.31 Å². The van der Waals surface area contributed by atoms with Crippen molar-refractivity contribution in [3.8, 4) is 0 Å². The number of sulfonamides is 2. The molecule has 0 bridgehead atoms. The van der Waals surface area contributed by atoms with Crippen molar-refractivity contribution in [1.29, 1.82) is 0 Å². The maximum atomic E-state index is 13.2. The number of carbonyl (C=O) groups is 1. The molecule has 1 atom stereocenters. The lowest BCUT2D eigenvalue weighted by molar-refractivity contribution is -0.126. The van der Waals surface area contributed by atoms with Gasteiger partial charge >= 0.3 is 0 Å². The fourth-order valence-electron chi connectivity index (χ4n) is 3.35. The van der Waals surface area contributed by atoms with Gasteiger partial charge in [-0.3, -0.25) is 4.79 Å². The Morgan fingerprint density at radius 3 is 1.94 bits per heavy atom. The predicted molar refractivity (Wildman–Crippen MR) is 117 cm³/mol. The van der Waals surface area contributed by atoms with E-state index in [1.807, 2.05) is 13.8 Å². The number of amides is 1. The third kappa shape index (κ3) is 5.15. The van der Waals surface area contributed by atoms with Crippen molar-refractivity contribution in [1.82, 2.24) is 13.9 Å². The SMILES string of the molecule is CC(C)CNC(=O)C1CN(S(=O)(=O)c2ccccc2)CCN1S(=O)(=O)c1ccccc1. The molecule has 0 aliphatic carbocycles. The maximum Gasteiger partial charge on any atom is 0.243 e. The summed E-state index contributed by atoms with van der Waals surface area (Å²) >= 11 is 0. The van der Waals surface area contributed by atoms with Crippen LogP contribution in [-0.4, -0.2) is 63.6 Å². The van der Waals surface area contributed by atoms with Crippen LogP contribution in [0.15, 0.2) is 70.5 Å². The van der Waals surface area contributed by atoms with Gasteiger partial charge in [0.15, 0.2) is 0 Å². The minimum absolute atomic E-state index is 0.0444. The van der Waals surface area contributed by atoms with E-state index in [-0.39, 0.29) is 35.3 Å². The quantitative estimate of drug-likeness (QED) is 0.668. The third-order valence-corrected chi connectivity index (χ3v) is 8.81. The van der Waals surface area contributed by atoms with Crippen LogP contribution in [-0.2, 0) is 24.8 Å². The van der Waals surface area contributed by atoms with Crippen molar-refractivity contribution in [3.05, 3.63) is 60.7 Å². The maximum absolute atomic E-state index is 13.2. The van der Waals surface area contributed by atoms with Crippen LogP contribution in [0.5, 0.6) is 0 Å². The number of hydrogen-bond acceptors (Lipinski definition) is 5. The summed E-state index contributed by atoms with van der Waals surface area (Å²) in [6.07, 6.45) is 0. The summed E-state index contributed by atoms with van der Waals surface area (Å²) in [6.45, 7) is 3.78. The lowest BCUT2D eigenvalue weighted by Gasteiger charge is -2.39. The van der Waals surface area contributed by atoms with Gasteiger partial charge in [0.2, 0.25) is 26.0 Å². The molecule has 3 rings (SSSR count). The predicted octanol–water partition coefficient (Wildman–Crippen LogP) is 1.52. The Hall–Kier alpha value is -2.27. The molecule has 1 aliphatic heterocycles. The van der Waals surface area contributed by atoms with Crippen LogP contribution in [0.4, 0.5) is 0 Å². The molecule has 1 unspecified atom stereocenters. The number of nitrogens with zero attached hydrogens (tertiary/aromatic N) is 2. The number of nitrogens with one attached hydrogen (secondary N) is 1. The van der Waals surface area contributed by atoms with E-state index < -0.39 is 32.0 Å². The smallest absolute Gasteiger partial charge is 0.243 e. The van der Waals surface area contributed by atoms with Gasteiger partial charge < -0.3 is 5.32 Å². The zero-order valence-corrected chi connectivity index (χ0v) is 19.1. The Morgan fingerprint density at radius 1 is 0.903 bits per heavy atom. The van der Waals surface area contributed by atoms with E-state index >= 15 is 0 Å². The van der Waals surface area contributed by atoms with Crippen LogP contribution in [0, 0.1) is 5.92 Å². The topological polar surface area (TPSA) is 104 Å². The summed E-state index contributed by atoms with van der Waals surface area (Å²) in [5.41, 5.74) is 0. The van der Waals surface area contributed by atoms with Crippen LogP contribution in [0.2, 0.25) is 0 Å². The first-order chi connectivity index (χ1) is 14.6. The molecule has 2 aromatic rings. The Kier molecular flexibility index (Phi) is 7.15. The standard InChI is InChI=1S/C21H27N3O5S2/c1-17(2)15-22-21(25)20-16-23(30(26,27)18-9-5-3-6-10-18)13-14-24(20)31(28,29)19-11-7-4-8-12-19/h3-12,17,20H,13-16H2,1-2H3,(H,22,25). The van der Waals surface area contributed by atoms with Crippen molar-refractivity contribution < 1.29 is 21.6 Å². The van der Waals surface area contributed by atoms with E-state index in [1.165, 1.54) is 28.6 Å². The van der Waals surface area contributed by atoms with E-state index in [2.05, 4.69) is 5.32 Å². The third-order valence-electron chi connectivity index (χ3n) is 5.01. The zero-order chi connectivity index (χ0) is 22.6. The molecule has 2 aromatic carbocycles. The highest BCUT2D eigenvalue weighted by molar-refractivity contribution is 7.89. The summed E-state index contributed by atoms with van der Waals surface area (Å²) < 4.78 is 54.9. The van der Waals surface area contributed by atoms with Gasteiger partial charge in [-0.1, -0.05) is 50.2 Å². The molecule has 0 radical (unpaired) electrons. The molecule has 1 heterocycles. The highest BCUT2D eigenvalue weighted by Crippen LogP contribution is 2.25. The van der Waals surface area contributed by atoms with E-state index in [1.54, 1.807) is 36.4 Å². The second kappa shape index (κ2) is 9.47. The van der Waals surface area contributed by atoms with Crippen LogP contribution >= 0.6 is 0 Å². The fourth-order valence-corrected chi connectivity index (χ4v) is 6.40. The summed E-state index contributed by atoms with van der Waals surface area (Å²) in [7, 11) is -7.84. The van der Waals surface area contributed by atoms with Crippen molar-refractivity contribution in [2.45, 2.75) is 29.7 Å². The van der Waals surface area contributed by atoms with Crippen LogP contribution < -0.4 is 5.32 Å².